The van der Waals surface area contributed by atoms with Crippen molar-refractivity contribution in [1.29, 1.82) is 0 Å². The number of aromatic nitrogens is 2. The van der Waals surface area contributed by atoms with E-state index in [0.29, 0.717) is 19.6 Å². The van der Waals surface area contributed by atoms with Gasteiger partial charge < -0.3 is 15.0 Å². The molecule has 2 aromatic rings. The van der Waals surface area contributed by atoms with E-state index in [2.05, 4.69) is 15.3 Å². The molecule has 1 amide bonds. The number of carbonyl (C=O) groups excluding carboxylic acids is 1. The van der Waals surface area contributed by atoms with Crippen LogP contribution in [0.1, 0.15) is 24.7 Å². The maximum atomic E-state index is 12.0. The summed E-state index contributed by atoms with van der Waals surface area (Å²) in [5.41, 5.74) is 3.82. The van der Waals surface area contributed by atoms with Gasteiger partial charge in [-0.25, -0.2) is 4.98 Å². The molecule has 0 unspecified atom stereocenters. The first-order chi connectivity index (χ1) is 9.63. The lowest BCUT2D eigenvalue weighted by Crippen LogP contribution is -2.25. The molecule has 5 heteroatoms. The van der Waals surface area contributed by atoms with E-state index in [1.807, 2.05) is 32.0 Å². The van der Waals surface area contributed by atoms with Crippen molar-refractivity contribution in [2.24, 2.45) is 0 Å². The van der Waals surface area contributed by atoms with Gasteiger partial charge in [0.15, 0.2) is 0 Å². The summed E-state index contributed by atoms with van der Waals surface area (Å²) < 4.78 is 5.30. The van der Waals surface area contributed by atoms with E-state index in [1.165, 1.54) is 5.56 Å². The summed E-state index contributed by atoms with van der Waals surface area (Å²) >= 11 is 0. The van der Waals surface area contributed by atoms with Gasteiger partial charge in [0.25, 0.3) is 5.91 Å². The molecule has 0 spiro atoms. The largest absolute Gasteiger partial charge is 0.497 e. The Bertz CT molecular complexity index is 700. The third-order valence-electron chi connectivity index (χ3n) is 3.47. The highest BCUT2D eigenvalue weighted by atomic mass is 16.5. The number of nitrogens with zero attached hydrogens (tertiary/aromatic N) is 1. The third kappa shape index (κ3) is 2.39. The summed E-state index contributed by atoms with van der Waals surface area (Å²) in [5, 5.41) is 2.88. The van der Waals surface area contributed by atoms with Gasteiger partial charge in [0.2, 0.25) is 0 Å². The lowest BCUT2D eigenvalue weighted by atomic mass is 10.2. The summed E-state index contributed by atoms with van der Waals surface area (Å²) in [7, 11) is 0. The Hall–Kier alpha value is -2.30. The van der Waals surface area contributed by atoms with Crippen molar-refractivity contribution >= 4 is 16.9 Å². The number of imidazole rings is 1. The highest BCUT2D eigenvalue weighted by Crippen LogP contribution is 2.18. The van der Waals surface area contributed by atoms with E-state index in [4.69, 9.17) is 4.74 Å². The molecular weight excluding hydrogens is 254 g/mol. The van der Waals surface area contributed by atoms with Crippen LogP contribution in [0, 0.1) is 6.92 Å². The second kappa shape index (κ2) is 5.00. The Morgan fingerprint density at radius 1 is 1.45 bits per heavy atom. The lowest BCUT2D eigenvalue weighted by molar-refractivity contribution is -0.117. The smallest absolute Gasteiger partial charge is 0.251 e. The minimum Gasteiger partial charge on any atom is -0.497 e. The zero-order valence-electron chi connectivity index (χ0n) is 11.6. The van der Waals surface area contributed by atoms with Gasteiger partial charge in [0, 0.05) is 6.42 Å². The van der Waals surface area contributed by atoms with Crippen LogP contribution in [-0.4, -0.2) is 22.5 Å². The normalized spacial score (nSPS) is 14.7. The second-order valence-electron chi connectivity index (χ2n) is 5.02. The van der Waals surface area contributed by atoms with E-state index < -0.39 is 0 Å². The molecule has 1 aliphatic rings. The van der Waals surface area contributed by atoms with Gasteiger partial charge in [-0.3, -0.25) is 4.79 Å². The molecule has 104 valence electrons. The fraction of sp³-hybridized carbons (Fsp3) is 0.333. The van der Waals surface area contributed by atoms with Gasteiger partial charge in [-0.2, -0.15) is 0 Å². The zero-order valence-corrected chi connectivity index (χ0v) is 11.6. The number of ether oxygens (including phenoxy) is 1. The van der Waals surface area contributed by atoms with Gasteiger partial charge >= 0.3 is 0 Å². The first-order valence-corrected chi connectivity index (χ1v) is 6.69. The Labute approximate surface area is 117 Å². The molecule has 0 radical (unpaired) electrons. The number of hydrogen-bond donors (Lipinski definition) is 2. The molecule has 0 fully saturated rings. The average Bonchev–Trinajstić information content (AvgIpc) is 3.01. The van der Waals surface area contributed by atoms with Crippen LogP contribution in [0.5, 0.6) is 0 Å². The van der Waals surface area contributed by atoms with Crippen molar-refractivity contribution in [3.05, 3.63) is 40.9 Å². The van der Waals surface area contributed by atoms with Crippen LogP contribution in [0.4, 0.5) is 0 Å². The Kier molecular flexibility index (Phi) is 3.18. The fourth-order valence-electron chi connectivity index (χ4n) is 2.37. The molecule has 0 saturated heterocycles. The Morgan fingerprint density at radius 2 is 2.30 bits per heavy atom. The molecule has 2 heterocycles. The van der Waals surface area contributed by atoms with Crippen molar-refractivity contribution in [3.63, 3.8) is 0 Å². The number of fused-ring (bicyclic) bond motifs is 1. The molecule has 20 heavy (non-hydrogen) atoms. The second-order valence-corrected chi connectivity index (χ2v) is 5.02. The topological polar surface area (TPSA) is 67.0 Å². The van der Waals surface area contributed by atoms with Gasteiger partial charge in [0.05, 0.1) is 29.8 Å². The summed E-state index contributed by atoms with van der Waals surface area (Å²) in [4.78, 5) is 19.7. The van der Waals surface area contributed by atoms with Gasteiger partial charge in [-0.1, -0.05) is 6.07 Å². The molecule has 1 aromatic heterocycles. The standard InChI is InChI=1S/C15H17N3O2/c1-9-3-4-12-13(7-9)18-14(17-12)8-16-15(19)11-5-6-20-10(11)2/h3-4,7H,5-6,8H2,1-2H3,(H,16,19)(H,17,18). The SMILES string of the molecule is CC1=C(C(=O)NCc2nc3ccc(C)cc3[nH]2)CCO1. The molecule has 0 aliphatic carbocycles. The number of amides is 1. The van der Waals surface area contributed by atoms with Gasteiger partial charge in [-0.05, 0) is 31.5 Å². The van der Waals surface area contributed by atoms with Gasteiger partial charge in [-0.15, -0.1) is 0 Å². The van der Waals surface area contributed by atoms with Crippen LogP contribution in [0.25, 0.3) is 11.0 Å². The van der Waals surface area contributed by atoms with E-state index >= 15 is 0 Å². The Balaban J connectivity index is 1.71. The van der Waals surface area contributed by atoms with Crippen LogP contribution in [0.15, 0.2) is 29.5 Å². The summed E-state index contributed by atoms with van der Waals surface area (Å²) in [5.74, 6) is 1.41. The first kappa shape index (κ1) is 12.7. The summed E-state index contributed by atoms with van der Waals surface area (Å²) in [6, 6.07) is 6.05. The number of hydrogen-bond acceptors (Lipinski definition) is 3. The van der Waals surface area contributed by atoms with Crippen LogP contribution < -0.4 is 5.32 Å². The summed E-state index contributed by atoms with van der Waals surface area (Å²) in [6.07, 6.45) is 0.678. The number of nitrogens with one attached hydrogen (secondary N) is 2. The van der Waals surface area contributed by atoms with Crippen LogP contribution in [-0.2, 0) is 16.1 Å². The highest BCUT2D eigenvalue weighted by molar-refractivity contribution is 5.94. The first-order valence-electron chi connectivity index (χ1n) is 6.69. The predicted octanol–water partition coefficient (Wildman–Crippen LogP) is 2.18. The van der Waals surface area contributed by atoms with Crippen molar-refractivity contribution in [3.8, 4) is 0 Å². The van der Waals surface area contributed by atoms with E-state index in [0.717, 1.165) is 28.2 Å². The number of aryl methyl sites for hydroxylation is 1. The average molecular weight is 271 g/mol. The Morgan fingerprint density at radius 3 is 3.05 bits per heavy atom. The minimum absolute atomic E-state index is 0.0726. The maximum absolute atomic E-state index is 12.0. The van der Waals surface area contributed by atoms with E-state index in [9.17, 15) is 4.79 Å². The van der Waals surface area contributed by atoms with Crippen molar-refractivity contribution in [1.82, 2.24) is 15.3 Å². The number of aromatic amines is 1. The quantitative estimate of drug-likeness (QED) is 0.899. The maximum Gasteiger partial charge on any atom is 0.251 e. The predicted molar refractivity (Wildman–Crippen MR) is 75.9 cm³/mol. The van der Waals surface area contributed by atoms with E-state index in [-0.39, 0.29) is 5.91 Å². The van der Waals surface area contributed by atoms with Crippen LogP contribution >= 0.6 is 0 Å². The van der Waals surface area contributed by atoms with Gasteiger partial charge in [0.1, 0.15) is 11.6 Å². The fourth-order valence-corrected chi connectivity index (χ4v) is 2.37. The monoisotopic (exact) mass is 271 g/mol. The lowest BCUT2D eigenvalue weighted by Gasteiger charge is -2.03. The number of allylic oxidation sites excluding steroid dienone is 1. The molecule has 0 saturated carbocycles. The molecule has 3 rings (SSSR count). The number of rotatable bonds is 3. The summed E-state index contributed by atoms with van der Waals surface area (Å²) in [6.45, 7) is 4.85. The van der Waals surface area contributed by atoms with Crippen LogP contribution in [0.3, 0.4) is 0 Å². The minimum atomic E-state index is -0.0726. The molecule has 1 aromatic carbocycles. The highest BCUT2D eigenvalue weighted by Gasteiger charge is 2.19. The van der Waals surface area contributed by atoms with E-state index in [1.54, 1.807) is 0 Å². The molecular formula is C15H17N3O2. The number of benzene rings is 1. The molecule has 5 nitrogen and oxygen atoms in total. The molecule has 2 N–H and O–H groups in total. The zero-order chi connectivity index (χ0) is 14.1. The van der Waals surface area contributed by atoms with Crippen LogP contribution in [0.2, 0.25) is 0 Å². The van der Waals surface area contributed by atoms with Crippen molar-refractivity contribution in [2.45, 2.75) is 26.8 Å². The molecule has 1 aliphatic heterocycles. The molecule has 0 atom stereocenters. The third-order valence-corrected chi connectivity index (χ3v) is 3.47. The molecule has 0 bridgehead atoms. The van der Waals surface area contributed by atoms with Crippen molar-refractivity contribution < 1.29 is 9.53 Å². The van der Waals surface area contributed by atoms with Crippen molar-refractivity contribution in [2.75, 3.05) is 6.61 Å². The number of carbonyl (C=O) groups is 1. The number of H-pyrrole nitrogens is 1.